The Morgan fingerprint density at radius 2 is 2.09 bits per heavy atom. The van der Waals surface area contributed by atoms with Crippen molar-refractivity contribution in [2.24, 2.45) is 0 Å². The molecule has 1 aromatic heterocycles. The highest BCUT2D eigenvalue weighted by molar-refractivity contribution is 7.89. The zero-order valence-corrected chi connectivity index (χ0v) is 12.9. The van der Waals surface area contributed by atoms with E-state index in [0.29, 0.717) is 18.7 Å². The molecule has 118 valence electrons. The van der Waals surface area contributed by atoms with Gasteiger partial charge in [0.1, 0.15) is 5.75 Å². The van der Waals surface area contributed by atoms with Crippen molar-refractivity contribution in [1.82, 2.24) is 14.5 Å². The van der Waals surface area contributed by atoms with Crippen molar-refractivity contribution < 1.29 is 13.2 Å². The second-order valence-electron chi connectivity index (χ2n) is 4.52. The van der Waals surface area contributed by atoms with Crippen LogP contribution in [0.2, 0.25) is 0 Å². The van der Waals surface area contributed by atoms with Gasteiger partial charge in [-0.25, -0.2) is 17.8 Å². The standard InChI is InChI=1S/C14H17N3O4S/c1-21-12-5-2-6-13(11-12)22(19,20)16-9-4-10-17-14(18)7-3-8-15-17/h2-3,5-8,11,16H,4,9-10H2,1H3. The van der Waals surface area contributed by atoms with Crippen molar-refractivity contribution >= 4 is 10.0 Å². The van der Waals surface area contributed by atoms with E-state index in [1.807, 2.05) is 0 Å². The first kappa shape index (κ1) is 16.2. The molecule has 0 aliphatic heterocycles. The highest BCUT2D eigenvalue weighted by Crippen LogP contribution is 2.16. The lowest BCUT2D eigenvalue weighted by molar-refractivity contribution is 0.413. The Morgan fingerprint density at radius 1 is 1.27 bits per heavy atom. The molecule has 0 unspecified atom stereocenters. The van der Waals surface area contributed by atoms with E-state index in [4.69, 9.17) is 4.74 Å². The number of nitrogens with one attached hydrogen (secondary N) is 1. The number of aryl methyl sites for hydroxylation is 1. The van der Waals surface area contributed by atoms with Crippen LogP contribution in [0.3, 0.4) is 0 Å². The molecule has 0 spiro atoms. The summed E-state index contributed by atoms with van der Waals surface area (Å²) in [5, 5.41) is 3.90. The average molecular weight is 323 g/mol. The van der Waals surface area contributed by atoms with Gasteiger partial charge in [-0.2, -0.15) is 5.10 Å². The summed E-state index contributed by atoms with van der Waals surface area (Å²) in [5.74, 6) is 0.475. The molecule has 0 fully saturated rings. The molecule has 0 atom stereocenters. The number of nitrogens with zero attached hydrogens (tertiary/aromatic N) is 2. The summed E-state index contributed by atoms with van der Waals surface area (Å²) in [5.41, 5.74) is -0.210. The van der Waals surface area contributed by atoms with E-state index >= 15 is 0 Å². The second kappa shape index (κ2) is 7.19. The quantitative estimate of drug-likeness (QED) is 0.754. The van der Waals surface area contributed by atoms with Gasteiger partial charge in [0.25, 0.3) is 5.56 Å². The third-order valence-corrected chi connectivity index (χ3v) is 4.43. The molecule has 0 radical (unpaired) electrons. The molecule has 1 N–H and O–H groups in total. The topological polar surface area (TPSA) is 90.3 Å². The maximum atomic E-state index is 12.1. The number of hydrogen-bond acceptors (Lipinski definition) is 5. The Hall–Kier alpha value is -2.19. The van der Waals surface area contributed by atoms with Crippen LogP contribution in [-0.4, -0.2) is 31.9 Å². The Kier molecular flexibility index (Phi) is 5.29. The molecule has 1 heterocycles. The van der Waals surface area contributed by atoms with Crippen LogP contribution < -0.4 is 15.0 Å². The predicted molar refractivity (Wildman–Crippen MR) is 81.3 cm³/mol. The van der Waals surface area contributed by atoms with Crippen LogP contribution in [0.1, 0.15) is 6.42 Å². The summed E-state index contributed by atoms with van der Waals surface area (Å²) >= 11 is 0. The monoisotopic (exact) mass is 323 g/mol. The van der Waals surface area contributed by atoms with Crippen LogP contribution >= 0.6 is 0 Å². The molecule has 0 aliphatic rings. The van der Waals surface area contributed by atoms with E-state index in [0.717, 1.165) is 0 Å². The van der Waals surface area contributed by atoms with Gasteiger partial charge in [-0.15, -0.1) is 0 Å². The highest BCUT2D eigenvalue weighted by atomic mass is 32.2. The van der Waals surface area contributed by atoms with Crippen LogP contribution in [0.5, 0.6) is 5.75 Å². The fourth-order valence-corrected chi connectivity index (χ4v) is 2.95. The molecule has 22 heavy (non-hydrogen) atoms. The first-order chi connectivity index (χ1) is 10.5. The van der Waals surface area contributed by atoms with Crippen molar-refractivity contribution in [3.05, 3.63) is 52.9 Å². The number of benzene rings is 1. The number of rotatable bonds is 7. The molecular formula is C14H17N3O4S. The maximum absolute atomic E-state index is 12.1. The largest absolute Gasteiger partial charge is 0.497 e. The molecule has 2 aromatic rings. The fourth-order valence-electron chi connectivity index (χ4n) is 1.84. The van der Waals surface area contributed by atoms with Gasteiger partial charge in [0.05, 0.1) is 12.0 Å². The van der Waals surface area contributed by atoms with Crippen molar-refractivity contribution in [1.29, 1.82) is 0 Å². The minimum Gasteiger partial charge on any atom is -0.497 e. The fraction of sp³-hybridized carbons (Fsp3) is 0.286. The Labute approximate surface area is 128 Å². The van der Waals surface area contributed by atoms with Crippen LogP contribution in [0.15, 0.2) is 52.3 Å². The lowest BCUT2D eigenvalue weighted by Gasteiger charge is -2.08. The molecule has 0 aliphatic carbocycles. The normalized spacial score (nSPS) is 11.3. The van der Waals surface area contributed by atoms with E-state index in [1.165, 1.54) is 36.2 Å². The number of hydrogen-bond donors (Lipinski definition) is 1. The first-order valence-electron chi connectivity index (χ1n) is 6.69. The molecule has 0 amide bonds. The SMILES string of the molecule is COc1cccc(S(=O)(=O)NCCCn2ncccc2=O)c1. The number of methoxy groups -OCH3 is 1. The number of aromatic nitrogens is 2. The van der Waals surface area contributed by atoms with Crippen molar-refractivity contribution in [3.8, 4) is 5.75 Å². The van der Waals surface area contributed by atoms with E-state index < -0.39 is 10.0 Å². The van der Waals surface area contributed by atoms with Crippen LogP contribution in [0.4, 0.5) is 0 Å². The second-order valence-corrected chi connectivity index (χ2v) is 6.28. The van der Waals surface area contributed by atoms with Gasteiger partial charge in [0.15, 0.2) is 0 Å². The zero-order chi connectivity index (χ0) is 16.0. The van der Waals surface area contributed by atoms with Crippen LogP contribution in [0, 0.1) is 0 Å². The average Bonchev–Trinajstić information content (AvgIpc) is 2.53. The van der Waals surface area contributed by atoms with E-state index in [1.54, 1.807) is 18.2 Å². The molecule has 2 rings (SSSR count). The van der Waals surface area contributed by atoms with Gasteiger partial charge in [-0.1, -0.05) is 6.07 Å². The molecule has 0 saturated carbocycles. The Bertz CT molecular complexity index is 786. The van der Waals surface area contributed by atoms with Crippen molar-refractivity contribution in [3.63, 3.8) is 0 Å². The summed E-state index contributed by atoms with van der Waals surface area (Å²) in [6.45, 7) is 0.558. The highest BCUT2D eigenvalue weighted by Gasteiger charge is 2.13. The summed E-state index contributed by atoms with van der Waals surface area (Å²) in [4.78, 5) is 11.6. The van der Waals surface area contributed by atoms with Gasteiger partial charge in [-0.3, -0.25) is 4.79 Å². The van der Waals surface area contributed by atoms with E-state index in [-0.39, 0.29) is 17.0 Å². The molecule has 8 heteroatoms. The first-order valence-corrected chi connectivity index (χ1v) is 8.17. The molecule has 0 saturated heterocycles. The number of ether oxygens (including phenoxy) is 1. The molecule has 7 nitrogen and oxygen atoms in total. The van der Waals surface area contributed by atoms with Gasteiger partial charge < -0.3 is 4.74 Å². The van der Waals surface area contributed by atoms with E-state index in [2.05, 4.69) is 9.82 Å². The predicted octanol–water partition coefficient (Wildman–Crippen LogP) is 0.620. The minimum atomic E-state index is -3.60. The molecular weight excluding hydrogens is 306 g/mol. The van der Waals surface area contributed by atoms with Gasteiger partial charge in [0.2, 0.25) is 10.0 Å². The van der Waals surface area contributed by atoms with Gasteiger partial charge in [0, 0.05) is 31.4 Å². The van der Waals surface area contributed by atoms with E-state index in [9.17, 15) is 13.2 Å². The Balaban J connectivity index is 1.93. The lowest BCUT2D eigenvalue weighted by Crippen LogP contribution is -2.27. The van der Waals surface area contributed by atoms with Crippen molar-refractivity contribution in [2.75, 3.05) is 13.7 Å². The summed E-state index contributed by atoms with van der Waals surface area (Å²) in [6, 6.07) is 9.20. The van der Waals surface area contributed by atoms with Crippen LogP contribution in [-0.2, 0) is 16.6 Å². The summed E-state index contributed by atoms with van der Waals surface area (Å²) in [7, 11) is -2.12. The Morgan fingerprint density at radius 3 is 2.82 bits per heavy atom. The van der Waals surface area contributed by atoms with Gasteiger partial charge in [-0.05, 0) is 24.6 Å². The third-order valence-electron chi connectivity index (χ3n) is 2.98. The minimum absolute atomic E-state index is 0.141. The molecule has 1 aromatic carbocycles. The van der Waals surface area contributed by atoms with Crippen LogP contribution in [0.25, 0.3) is 0 Å². The molecule has 0 bridgehead atoms. The summed E-state index contributed by atoms with van der Waals surface area (Å²) < 4.78 is 33.0. The zero-order valence-electron chi connectivity index (χ0n) is 12.1. The van der Waals surface area contributed by atoms with Crippen molar-refractivity contribution in [2.45, 2.75) is 17.9 Å². The number of sulfonamides is 1. The third kappa shape index (κ3) is 4.15. The smallest absolute Gasteiger partial charge is 0.266 e. The maximum Gasteiger partial charge on any atom is 0.266 e. The summed E-state index contributed by atoms with van der Waals surface area (Å²) in [6.07, 6.45) is 1.97. The van der Waals surface area contributed by atoms with Gasteiger partial charge >= 0.3 is 0 Å². The lowest BCUT2D eigenvalue weighted by atomic mass is 10.3.